The number of aromatic nitrogens is 2. The van der Waals surface area contributed by atoms with E-state index >= 15 is 0 Å². The Morgan fingerprint density at radius 1 is 1.26 bits per heavy atom. The number of ether oxygens (including phenoxy) is 1. The van der Waals surface area contributed by atoms with Crippen molar-refractivity contribution in [2.45, 2.75) is 36.8 Å². The van der Waals surface area contributed by atoms with E-state index in [1.54, 1.807) is 31.3 Å². The molecular weight excluding hydrogens is 338 g/mol. The second kappa shape index (κ2) is 6.41. The fourth-order valence-corrected chi connectivity index (χ4v) is 4.07. The zero-order valence-corrected chi connectivity index (χ0v) is 14.3. The first kappa shape index (κ1) is 16.1. The maximum Gasteiger partial charge on any atom is 0.282 e. The summed E-state index contributed by atoms with van der Waals surface area (Å²) in [6, 6.07) is 6.85. The van der Waals surface area contributed by atoms with Gasteiger partial charge in [0.1, 0.15) is 10.9 Å². The van der Waals surface area contributed by atoms with Gasteiger partial charge in [-0.15, -0.1) is 0 Å². The van der Waals surface area contributed by atoms with Crippen LogP contribution in [0.15, 0.2) is 35.6 Å². The van der Waals surface area contributed by atoms with Gasteiger partial charge in [-0.3, -0.25) is 4.72 Å². The van der Waals surface area contributed by atoms with Crippen molar-refractivity contribution in [2.24, 2.45) is 7.05 Å². The molecule has 1 aromatic heterocycles. The molecule has 0 amide bonds. The lowest BCUT2D eigenvalue weighted by molar-refractivity contribution is 0.210. The van der Waals surface area contributed by atoms with Crippen molar-refractivity contribution in [2.75, 3.05) is 4.72 Å². The summed E-state index contributed by atoms with van der Waals surface area (Å²) in [5, 5.41) is -0.119. The lowest BCUT2D eigenvalue weighted by atomic mass is 10.3. The van der Waals surface area contributed by atoms with Gasteiger partial charge in [-0.25, -0.2) is 4.98 Å². The largest absolute Gasteiger partial charge is 0.490 e. The lowest BCUT2D eigenvalue weighted by Crippen LogP contribution is -2.14. The van der Waals surface area contributed by atoms with Crippen molar-refractivity contribution in [3.63, 3.8) is 0 Å². The third-order valence-electron chi connectivity index (χ3n) is 3.80. The van der Waals surface area contributed by atoms with Crippen LogP contribution < -0.4 is 9.46 Å². The van der Waals surface area contributed by atoms with Crippen LogP contribution in [0, 0.1) is 0 Å². The van der Waals surface area contributed by atoms with Crippen LogP contribution in [0.3, 0.4) is 0 Å². The molecule has 3 rings (SSSR count). The number of nitrogens with zero attached hydrogens (tertiary/aromatic N) is 2. The summed E-state index contributed by atoms with van der Waals surface area (Å²) in [5.41, 5.74) is 0.436. The van der Waals surface area contributed by atoms with Gasteiger partial charge >= 0.3 is 0 Å². The van der Waals surface area contributed by atoms with Crippen LogP contribution in [0.5, 0.6) is 5.75 Å². The van der Waals surface area contributed by atoms with E-state index in [2.05, 4.69) is 9.71 Å². The van der Waals surface area contributed by atoms with Crippen molar-refractivity contribution in [1.29, 1.82) is 0 Å². The number of rotatable bonds is 5. The van der Waals surface area contributed by atoms with Crippen LogP contribution in [0.25, 0.3) is 0 Å². The third kappa shape index (κ3) is 3.61. The average Bonchev–Trinajstić information content (AvgIpc) is 3.12. The number of hydrogen-bond donors (Lipinski definition) is 1. The van der Waals surface area contributed by atoms with Gasteiger partial charge in [-0.1, -0.05) is 11.6 Å². The van der Waals surface area contributed by atoms with E-state index in [1.807, 2.05) is 0 Å². The molecule has 1 heterocycles. The van der Waals surface area contributed by atoms with Crippen LogP contribution in [-0.4, -0.2) is 24.1 Å². The molecule has 124 valence electrons. The van der Waals surface area contributed by atoms with Crippen LogP contribution in [0.4, 0.5) is 5.69 Å². The van der Waals surface area contributed by atoms with Gasteiger partial charge in [0.05, 0.1) is 12.4 Å². The molecule has 1 N–H and O–H groups in total. The number of benzene rings is 1. The predicted molar refractivity (Wildman–Crippen MR) is 88.4 cm³/mol. The fraction of sp³-hybridized carbons (Fsp3) is 0.400. The van der Waals surface area contributed by atoms with Gasteiger partial charge in [0.25, 0.3) is 10.0 Å². The quantitative estimate of drug-likeness (QED) is 0.893. The first-order valence-corrected chi connectivity index (χ1v) is 9.28. The molecule has 1 saturated carbocycles. The second-order valence-corrected chi connectivity index (χ2v) is 7.56. The van der Waals surface area contributed by atoms with Gasteiger partial charge in [-0.2, -0.15) is 8.42 Å². The molecule has 0 bridgehead atoms. The van der Waals surface area contributed by atoms with E-state index < -0.39 is 10.0 Å². The van der Waals surface area contributed by atoms with Gasteiger partial charge in [0, 0.05) is 12.7 Å². The van der Waals surface area contributed by atoms with E-state index in [4.69, 9.17) is 16.3 Å². The Hall–Kier alpha value is -1.73. The van der Waals surface area contributed by atoms with Gasteiger partial charge in [0.15, 0.2) is 0 Å². The Bertz CT molecular complexity index is 781. The van der Waals surface area contributed by atoms with Crippen molar-refractivity contribution in [3.05, 3.63) is 35.7 Å². The first-order valence-electron chi connectivity index (χ1n) is 7.42. The topological polar surface area (TPSA) is 73.2 Å². The Labute approximate surface area is 140 Å². The summed E-state index contributed by atoms with van der Waals surface area (Å²) in [6.45, 7) is 0. The summed E-state index contributed by atoms with van der Waals surface area (Å²) < 4.78 is 34.4. The molecule has 0 saturated heterocycles. The van der Waals surface area contributed by atoms with Crippen molar-refractivity contribution in [3.8, 4) is 5.75 Å². The van der Waals surface area contributed by atoms with Crippen LogP contribution in [0.2, 0.25) is 5.15 Å². The summed E-state index contributed by atoms with van der Waals surface area (Å²) in [6.07, 6.45) is 6.18. The molecule has 2 aromatic rings. The zero-order chi connectivity index (χ0) is 16.4. The molecule has 1 aliphatic rings. The SMILES string of the molecule is Cn1cnc(S(=O)(=O)Nc2ccc(OC3CCCC3)cc2)c1Cl. The maximum absolute atomic E-state index is 12.3. The number of aryl methyl sites for hydroxylation is 1. The molecule has 1 fully saturated rings. The highest BCUT2D eigenvalue weighted by atomic mass is 35.5. The van der Waals surface area contributed by atoms with E-state index in [9.17, 15) is 8.42 Å². The highest BCUT2D eigenvalue weighted by molar-refractivity contribution is 7.92. The minimum absolute atomic E-state index is 0.0682. The predicted octanol–water partition coefficient (Wildman–Crippen LogP) is 3.20. The molecular formula is C15H18ClN3O3S. The molecule has 8 heteroatoms. The molecule has 0 spiro atoms. The van der Waals surface area contributed by atoms with E-state index in [-0.39, 0.29) is 16.3 Å². The van der Waals surface area contributed by atoms with E-state index in [1.165, 1.54) is 23.7 Å². The Morgan fingerprint density at radius 3 is 2.48 bits per heavy atom. The molecule has 0 aliphatic heterocycles. The third-order valence-corrected chi connectivity index (χ3v) is 5.67. The van der Waals surface area contributed by atoms with Crippen LogP contribution in [0.1, 0.15) is 25.7 Å². The molecule has 1 aliphatic carbocycles. The molecule has 23 heavy (non-hydrogen) atoms. The smallest absolute Gasteiger partial charge is 0.282 e. The molecule has 0 atom stereocenters. The van der Waals surface area contributed by atoms with Crippen LogP contribution in [-0.2, 0) is 17.1 Å². The average molecular weight is 356 g/mol. The van der Waals surface area contributed by atoms with Crippen LogP contribution >= 0.6 is 11.6 Å². The normalized spacial score (nSPS) is 15.7. The zero-order valence-electron chi connectivity index (χ0n) is 12.7. The molecule has 1 aromatic carbocycles. The minimum atomic E-state index is -3.81. The van der Waals surface area contributed by atoms with Crippen molar-refractivity contribution < 1.29 is 13.2 Å². The highest BCUT2D eigenvalue weighted by Crippen LogP contribution is 2.26. The standard InChI is InChI=1S/C15H18ClN3O3S/c1-19-10-17-15(14(19)16)23(20,21)18-11-6-8-13(9-7-11)22-12-4-2-3-5-12/h6-10,12,18H,2-5H2,1H3. The Morgan fingerprint density at radius 2 is 1.91 bits per heavy atom. The summed E-state index contributed by atoms with van der Waals surface area (Å²) in [5.74, 6) is 0.746. The maximum atomic E-state index is 12.3. The molecule has 0 unspecified atom stereocenters. The number of nitrogens with one attached hydrogen (secondary N) is 1. The number of hydrogen-bond acceptors (Lipinski definition) is 4. The first-order chi connectivity index (χ1) is 11.0. The second-order valence-electron chi connectivity index (χ2n) is 5.61. The van der Waals surface area contributed by atoms with Crippen molar-refractivity contribution >= 4 is 27.3 Å². The van der Waals surface area contributed by atoms with E-state index in [0.29, 0.717) is 5.69 Å². The van der Waals surface area contributed by atoms with Gasteiger partial charge in [0.2, 0.25) is 5.03 Å². The summed E-state index contributed by atoms with van der Waals surface area (Å²) >= 11 is 5.94. The Kier molecular flexibility index (Phi) is 4.50. The number of halogens is 1. The monoisotopic (exact) mass is 355 g/mol. The highest BCUT2D eigenvalue weighted by Gasteiger charge is 2.22. The number of anilines is 1. The molecule has 0 radical (unpaired) electrons. The minimum Gasteiger partial charge on any atom is -0.490 e. The van der Waals surface area contributed by atoms with Gasteiger partial charge < -0.3 is 9.30 Å². The van der Waals surface area contributed by atoms with Crippen molar-refractivity contribution in [1.82, 2.24) is 9.55 Å². The Balaban J connectivity index is 1.71. The number of sulfonamides is 1. The van der Waals surface area contributed by atoms with E-state index in [0.717, 1.165) is 18.6 Å². The molecule has 6 nitrogen and oxygen atoms in total. The lowest BCUT2D eigenvalue weighted by Gasteiger charge is -2.13. The summed E-state index contributed by atoms with van der Waals surface area (Å²) in [7, 11) is -2.18. The number of imidazole rings is 1. The van der Waals surface area contributed by atoms with Gasteiger partial charge in [-0.05, 0) is 49.9 Å². The summed E-state index contributed by atoms with van der Waals surface area (Å²) in [4.78, 5) is 3.83. The fourth-order valence-electron chi connectivity index (χ4n) is 2.58.